The van der Waals surface area contributed by atoms with E-state index in [0.717, 1.165) is 16.8 Å². The summed E-state index contributed by atoms with van der Waals surface area (Å²) in [6.07, 6.45) is 1.70. The topological polar surface area (TPSA) is 56.7 Å². The summed E-state index contributed by atoms with van der Waals surface area (Å²) in [5, 5.41) is 7.77. The van der Waals surface area contributed by atoms with Crippen LogP contribution in [0.15, 0.2) is 35.1 Å². The van der Waals surface area contributed by atoms with Gasteiger partial charge in [-0.05, 0) is 11.6 Å². The van der Waals surface area contributed by atoms with Crippen molar-refractivity contribution in [2.45, 2.75) is 13.1 Å². The number of benzene rings is 1. The van der Waals surface area contributed by atoms with E-state index in [2.05, 4.69) is 32.2 Å². The predicted octanol–water partition coefficient (Wildman–Crippen LogP) is 1.55. The van der Waals surface area contributed by atoms with Gasteiger partial charge in [-0.15, -0.1) is 10.2 Å². The lowest BCUT2D eigenvalue weighted by Gasteiger charge is -2.06. The van der Waals surface area contributed by atoms with Crippen LogP contribution in [0, 0.1) is 0 Å². The molecule has 0 amide bonds. The highest BCUT2D eigenvalue weighted by Gasteiger charge is 2.04. The van der Waals surface area contributed by atoms with Crippen LogP contribution in [0.25, 0.3) is 0 Å². The van der Waals surface area contributed by atoms with Crippen LogP contribution < -0.4 is 5.73 Å². The monoisotopic (exact) mass is 266 g/mol. The highest BCUT2D eigenvalue weighted by Crippen LogP contribution is 2.17. The molecule has 0 bridgehead atoms. The first-order chi connectivity index (χ1) is 7.31. The van der Waals surface area contributed by atoms with Gasteiger partial charge in [0.1, 0.15) is 12.2 Å². The lowest BCUT2D eigenvalue weighted by atomic mass is 10.2. The third kappa shape index (κ3) is 2.24. The SMILES string of the molecule is NCc1nncn1Cc1ccccc1Br. The molecule has 1 aromatic heterocycles. The van der Waals surface area contributed by atoms with Crippen molar-refractivity contribution < 1.29 is 0 Å². The van der Waals surface area contributed by atoms with Crippen molar-refractivity contribution in [2.75, 3.05) is 0 Å². The first kappa shape index (κ1) is 10.3. The summed E-state index contributed by atoms with van der Waals surface area (Å²) in [6, 6.07) is 8.07. The maximum absolute atomic E-state index is 5.55. The highest BCUT2D eigenvalue weighted by molar-refractivity contribution is 9.10. The Morgan fingerprint density at radius 3 is 2.87 bits per heavy atom. The fourth-order valence-corrected chi connectivity index (χ4v) is 1.79. The quantitative estimate of drug-likeness (QED) is 0.917. The van der Waals surface area contributed by atoms with Gasteiger partial charge in [0, 0.05) is 4.47 Å². The van der Waals surface area contributed by atoms with Crippen molar-refractivity contribution in [1.29, 1.82) is 0 Å². The molecule has 0 spiro atoms. The molecule has 78 valence electrons. The Morgan fingerprint density at radius 2 is 2.13 bits per heavy atom. The maximum atomic E-state index is 5.55. The Labute approximate surface area is 96.3 Å². The smallest absolute Gasteiger partial charge is 0.146 e. The Morgan fingerprint density at radius 1 is 1.33 bits per heavy atom. The van der Waals surface area contributed by atoms with Gasteiger partial charge >= 0.3 is 0 Å². The summed E-state index contributed by atoms with van der Waals surface area (Å²) in [5.74, 6) is 0.797. The van der Waals surface area contributed by atoms with Crippen molar-refractivity contribution in [3.05, 3.63) is 46.5 Å². The number of halogens is 1. The van der Waals surface area contributed by atoms with Crippen molar-refractivity contribution in [1.82, 2.24) is 14.8 Å². The van der Waals surface area contributed by atoms with Gasteiger partial charge in [-0.2, -0.15) is 0 Å². The van der Waals surface area contributed by atoms with Gasteiger partial charge in [-0.1, -0.05) is 34.1 Å². The first-order valence-electron chi connectivity index (χ1n) is 4.61. The second-order valence-corrected chi connectivity index (χ2v) is 4.02. The van der Waals surface area contributed by atoms with Crippen molar-refractivity contribution in [3.8, 4) is 0 Å². The molecule has 1 aromatic carbocycles. The average Bonchev–Trinajstić information content (AvgIpc) is 2.69. The van der Waals surface area contributed by atoms with Gasteiger partial charge in [0.15, 0.2) is 0 Å². The molecule has 2 aromatic rings. The Bertz CT molecular complexity index is 452. The van der Waals surface area contributed by atoms with Crippen molar-refractivity contribution in [2.24, 2.45) is 5.73 Å². The second kappa shape index (κ2) is 4.55. The molecule has 0 aliphatic rings. The molecule has 4 nitrogen and oxygen atoms in total. The summed E-state index contributed by atoms with van der Waals surface area (Å²) >= 11 is 3.50. The third-order valence-electron chi connectivity index (χ3n) is 2.18. The zero-order valence-corrected chi connectivity index (χ0v) is 9.68. The van der Waals surface area contributed by atoms with Gasteiger partial charge in [0.2, 0.25) is 0 Å². The van der Waals surface area contributed by atoms with Gasteiger partial charge in [-0.25, -0.2) is 0 Å². The summed E-state index contributed by atoms with van der Waals surface area (Å²) in [6.45, 7) is 1.14. The van der Waals surface area contributed by atoms with Gasteiger partial charge in [0.05, 0.1) is 13.1 Å². The highest BCUT2D eigenvalue weighted by atomic mass is 79.9. The Balaban J connectivity index is 2.26. The van der Waals surface area contributed by atoms with Crippen molar-refractivity contribution >= 4 is 15.9 Å². The third-order valence-corrected chi connectivity index (χ3v) is 2.95. The van der Waals surface area contributed by atoms with E-state index in [9.17, 15) is 0 Å². The van der Waals surface area contributed by atoms with Crippen LogP contribution in [0.4, 0.5) is 0 Å². The van der Waals surface area contributed by atoms with Crippen LogP contribution in [-0.2, 0) is 13.1 Å². The predicted molar refractivity (Wildman–Crippen MR) is 61.2 cm³/mol. The second-order valence-electron chi connectivity index (χ2n) is 3.17. The van der Waals surface area contributed by atoms with Crippen LogP contribution in [0.1, 0.15) is 11.4 Å². The van der Waals surface area contributed by atoms with E-state index in [1.807, 2.05) is 22.8 Å². The summed E-state index contributed by atoms with van der Waals surface area (Å²) in [5.41, 5.74) is 6.74. The number of nitrogens with two attached hydrogens (primary N) is 1. The van der Waals surface area contributed by atoms with Gasteiger partial charge in [-0.3, -0.25) is 0 Å². The molecule has 5 heteroatoms. The van der Waals surface area contributed by atoms with E-state index in [1.54, 1.807) is 6.33 Å². The molecule has 0 saturated carbocycles. The normalized spacial score (nSPS) is 10.5. The lowest BCUT2D eigenvalue weighted by Crippen LogP contribution is -2.09. The summed E-state index contributed by atoms with van der Waals surface area (Å²) < 4.78 is 3.03. The van der Waals surface area contributed by atoms with E-state index < -0.39 is 0 Å². The van der Waals surface area contributed by atoms with E-state index in [4.69, 9.17) is 5.73 Å². The molecule has 0 aliphatic heterocycles. The molecule has 2 rings (SSSR count). The first-order valence-corrected chi connectivity index (χ1v) is 5.40. The molecule has 0 fully saturated rings. The van der Waals surface area contributed by atoms with Crippen LogP contribution in [0.5, 0.6) is 0 Å². The number of hydrogen-bond acceptors (Lipinski definition) is 3. The average molecular weight is 267 g/mol. The Kier molecular flexibility index (Phi) is 3.13. The van der Waals surface area contributed by atoms with Crippen LogP contribution in [0.3, 0.4) is 0 Å². The molecule has 15 heavy (non-hydrogen) atoms. The zero-order chi connectivity index (χ0) is 10.7. The fourth-order valence-electron chi connectivity index (χ4n) is 1.38. The van der Waals surface area contributed by atoms with E-state index in [-0.39, 0.29) is 0 Å². The minimum atomic E-state index is 0.407. The maximum Gasteiger partial charge on any atom is 0.146 e. The van der Waals surface area contributed by atoms with Crippen LogP contribution in [0.2, 0.25) is 0 Å². The zero-order valence-electron chi connectivity index (χ0n) is 8.10. The lowest BCUT2D eigenvalue weighted by molar-refractivity contribution is 0.722. The number of nitrogens with zero attached hydrogens (tertiary/aromatic N) is 3. The molecular formula is C10H11BrN4. The van der Waals surface area contributed by atoms with Crippen molar-refractivity contribution in [3.63, 3.8) is 0 Å². The minimum Gasteiger partial charge on any atom is -0.324 e. The summed E-state index contributed by atoms with van der Waals surface area (Å²) in [7, 11) is 0. The summed E-state index contributed by atoms with van der Waals surface area (Å²) in [4.78, 5) is 0. The molecular weight excluding hydrogens is 256 g/mol. The van der Waals surface area contributed by atoms with E-state index in [1.165, 1.54) is 5.56 Å². The number of hydrogen-bond donors (Lipinski definition) is 1. The molecule has 0 radical (unpaired) electrons. The number of aromatic nitrogens is 3. The minimum absolute atomic E-state index is 0.407. The van der Waals surface area contributed by atoms with E-state index in [0.29, 0.717) is 6.54 Å². The standard InChI is InChI=1S/C10H11BrN4/c11-9-4-2-1-3-8(9)6-15-7-13-14-10(15)5-12/h1-4,7H,5-6,12H2. The largest absolute Gasteiger partial charge is 0.324 e. The molecule has 0 saturated heterocycles. The van der Waals surface area contributed by atoms with Gasteiger partial charge in [0.25, 0.3) is 0 Å². The molecule has 0 atom stereocenters. The molecule has 2 N–H and O–H groups in total. The van der Waals surface area contributed by atoms with Crippen LogP contribution >= 0.6 is 15.9 Å². The molecule has 0 aliphatic carbocycles. The Hall–Kier alpha value is -1.20. The van der Waals surface area contributed by atoms with E-state index >= 15 is 0 Å². The number of rotatable bonds is 3. The molecule has 0 unspecified atom stereocenters. The molecule has 1 heterocycles. The van der Waals surface area contributed by atoms with Crippen LogP contribution in [-0.4, -0.2) is 14.8 Å². The van der Waals surface area contributed by atoms with Gasteiger partial charge < -0.3 is 10.3 Å². The fraction of sp³-hybridized carbons (Fsp3) is 0.200.